The maximum Gasteiger partial charge on any atom is 0.474 e. The largest absolute Gasteiger partial charge is 0.474 e. The number of hydrogen-bond acceptors (Lipinski definition) is 16. The van der Waals surface area contributed by atoms with Gasteiger partial charge in [0.25, 0.3) is 0 Å². The van der Waals surface area contributed by atoms with Crippen molar-refractivity contribution >= 4 is 70.2 Å². The third-order valence-electron chi connectivity index (χ3n) is 7.45. The van der Waals surface area contributed by atoms with Crippen LogP contribution < -0.4 is 5.73 Å². The van der Waals surface area contributed by atoms with Crippen molar-refractivity contribution in [2.24, 2.45) is 10.8 Å². The summed E-state index contributed by atoms with van der Waals surface area (Å²) in [6.07, 6.45) is -1.88. The van der Waals surface area contributed by atoms with Crippen molar-refractivity contribution in [2.45, 2.75) is 57.7 Å². The number of anilines is 1. The minimum atomic E-state index is -4.41. The van der Waals surface area contributed by atoms with Crippen LogP contribution >= 0.6 is 42.9 Å². The molecule has 15 nitrogen and oxygen atoms in total. The molecule has 0 amide bonds. The molecule has 0 spiro atoms. The number of carbonyl (C=O) groups is 2. The number of nitrogens with two attached hydrogens (primary N) is 1. The summed E-state index contributed by atoms with van der Waals surface area (Å²) in [4.78, 5) is 36.6. The number of nitrogens with zero attached hydrogens (tertiary/aromatic N) is 4. The summed E-state index contributed by atoms with van der Waals surface area (Å²) >= 11 is 7.66. The van der Waals surface area contributed by atoms with E-state index in [0.717, 1.165) is 23.5 Å². The second kappa shape index (κ2) is 13.6. The number of aromatic nitrogens is 4. The van der Waals surface area contributed by atoms with Crippen LogP contribution in [-0.4, -0.2) is 108 Å². The van der Waals surface area contributed by atoms with Gasteiger partial charge in [0.05, 0.1) is 50.2 Å². The molecule has 1 saturated heterocycles. The Hall–Kier alpha value is -1.44. The number of carbonyl (C=O) groups excluding carboxylic acids is 2. The van der Waals surface area contributed by atoms with Gasteiger partial charge in [-0.1, -0.05) is 23.5 Å². The van der Waals surface area contributed by atoms with E-state index in [2.05, 4.69) is 15.0 Å². The van der Waals surface area contributed by atoms with E-state index in [0.29, 0.717) is 0 Å². The zero-order chi connectivity index (χ0) is 33.4. The fourth-order valence-corrected chi connectivity index (χ4v) is 7.68. The van der Waals surface area contributed by atoms with Gasteiger partial charge < -0.3 is 30.4 Å². The molecule has 1 aliphatic carbocycles. The van der Waals surface area contributed by atoms with E-state index in [1.54, 1.807) is 27.7 Å². The van der Waals surface area contributed by atoms with Gasteiger partial charge in [0.2, 0.25) is 11.1 Å². The summed E-state index contributed by atoms with van der Waals surface area (Å²) in [5, 5.41) is 29.2. The molecule has 4 unspecified atom stereocenters. The maximum absolute atomic E-state index is 15.8. The van der Waals surface area contributed by atoms with Gasteiger partial charge in [0.15, 0.2) is 21.7 Å². The third-order valence-corrected chi connectivity index (χ3v) is 11.5. The molecule has 2 aliphatic rings. The van der Waals surface area contributed by atoms with Crippen LogP contribution in [-0.2, 0) is 38.0 Å². The van der Waals surface area contributed by atoms with Gasteiger partial charge in [-0.3, -0.25) is 23.2 Å². The molecule has 3 heterocycles. The van der Waals surface area contributed by atoms with Gasteiger partial charge in [-0.05, 0) is 39.3 Å². The number of hydrogen-bond donors (Lipinski definition) is 4. The van der Waals surface area contributed by atoms with E-state index in [9.17, 15) is 29.5 Å². The molecule has 4 rings (SSSR count). The highest BCUT2D eigenvalue weighted by Crippen LogP contribution is 2.67. The number of aliphatic hydroxyl groups is 3. The van der Waals surface area contributed by atoms with Crippen LogP contribution in [0.25, 0.3) is 11.2 Å². The summed E-state index contributed by atoms with van der Waals surface area (Å²) in [6.45, 7) is 4.40. The highest BCUT2D eigenvalue weighted by Gasteiger charge is 2.83. The van der Waals surface area contributed by atoms with Crippen molar-refractivity contribution in [3.63, 3.8) is 0 Å². The molecule has 0 aromatic carbocycles. The third kappa shape index (κ3) is 7.36. The van der Waals surface area contributed by atoms with Gasteiger partial charge in [0.1, 0.15) is 23.3 Å². The van der Waals surface area contributed by atoms with Crippen LogP contribution in [0.4, 0.5) is 10.2 Å². The molecule has 0 bridgehead atoms. The topological polar surface area (TPSA) is 218 Å². The van der Waals surface area contributed by atoms with Crippen molar-refractivity contribution in [3.8, 4) is 0 Å². The summed E-state index contributed by atoms with van der Waals surface area (Å²) in [5.74, 6) is -2.30. The second-order valence-corrected chi connectivity index (χ2v) is 16.0. The lowest BCUT2D eigenvalue weighted by Gasteiger charge is -2.25. The number of alkyl halides is 1. The summed E-state index contributed by atoms with van der Waals surface area (Å²) in [7, 11) is -4.41. The Balaban J connectivity index is 1.43. The van der Waals surface area contributed by atoms with Crippen LogP contribution in [0.1, 0.15) is 34.1 Å². The number of thioether (sulfide) groups is 2. The standard InChI is InChI=1S/C25H36ClFN5O10PS2/c1-22(2,11-33)19(36)44-7-5-39-43(38,40-6-8-45-20(37)23(3,4)12-34)41-9-14-16(35)24(10-25(24,27)42-14)32-13-29-15-17(28)30-21(26)31-18(15)32/h13-14,16,33-35H,5-12H2,1-4H3,(H2,28,30,31). The average molecular weight is 716 g/mol. The zero-order valence-corrected chi connectivity index (χ0v) is 28.3. The quantitative estimate of drug-likeness (QED) is 0.111. The monoisotopic (exact) mass is 715 g/mol. The first-order valence-electron chi connectivity index (χ1n) is 13.8. The van der Waals surface area contributed by atoms with E-state index in [1.807, 2.05) is 0 Å². The lowest BCUT2D eigenvalue weighted by Crippen LogP contribution is -2.39. The number of phosphoric ester groups is 1. The number of nitrogen functional groups attached to an aromatic ring is 1. The Morgan fingerprint density at radius 2 is 1.69 bits per heavy atom. The average Bonchev–Trinajstić information content (AvgIpc) is 3.26. The van der Waals surface area contributed by atoms with E-state index >= 15 is 4.39 Å². The molecule has 2 fully saturated rings. The lowest BCUT2D eigenvalue weighted by molar-refractivity contribution is -0.120. The van der Waals surface area contributed by atoms with Gasteiger partial charge in [-0.25, -0.2) is 13.9 Å². The number of halogens is 2. The van der Waals surface area contributed by atoms with E-state index in [-0.39, 0.29) is 76.8 Å². The molecule has 20 heteroatoms. The zero-order valence-electron chi connectivity index (χ0n) is 25.0. The fraction of sp³-hybridized carbons (Fsp3) is 0.720. The number of aliphatic hydroxyl groups excluding tert-OH is 3. The molecule has 2 aromatic rings. The van der Waals surface area contributed by atoms with Crippen molar-refractivity contribution in [1.29, 1.82) is 0 Å². The molecule has 45 heavy (non-hydrogen) atoms. The predicted octanol–water partition coefficient (Wildman–Crippen LogP) is 2.30. The van der Waals surface area contributed by atoms with E-state index < -0.39 is 48.9 Å². The smallest absolute Gasteiger partial charge is 0.395 e. The number of fused-ring (bicyclic) bond motifs is 2. The minimum absolute atomic E-state index is 0.0339. The fourth-order valence-electron chi connectivity index (χ4n) is 4.47. The number of imidazole rings is 1. The summed E-state index contributed by atoms with van der Waals surface area (Å²) in [5.41, 5.74) is 2.46. The van der Waals surface area contributed by atoms with Gasteiger partial charge in [-0.15, -0.1) is 0 Å². The summed E-state index contributed by atoms with van der Waals surface area (Å²) < 4.78 is 52.5. The normalized spacial score (nSPS) is 25.1. The summed E-state index contributed by atoms with van der Waals surface area (Å²) in [6, 6.07) is 0. The Kier molecular flexibility index (Phi) is 11.0. The Morgan fingerprint density at radius 1 is 1.13 bits per heavy atom. The van der Waals surface area contributed by atoms with E-state index in [1.165, 1.54) is 10.9 Å². The molecular formula is C25H36ClFN5O10PS2. The molecule has 5 N–H and O–H groups in total. The van der Waals surface area contributed by atoms with Crippen LogP contribution in [0, 0.1) is 10.8 Å². The second-order valence-electron chi connectivity index (χ2n) is 11.9. The number of rotatable bonds is 16. The highest BCUT2D eigenvalue weighted by molar-refractivity contribution is 8.14. The molecule has 2 aromatic heterocycles. The van der Waals surface area contributed by atoms with Crippen molar-refractivity contribution in [3.05, 3.63) is 11.6 Å². The van der Waals surface area contributed by atoms with Gasteiger partial charge >= 0.3 is 7.82 Å². The molecule has 4 atom stereocenters. The molecule has 1 aliphatic heterocycles. The van der Waals surface area contributed by atoms with Crippen LogP contribution in [0.2, 0.25) is 5.28 Å². The van der Waals surface area contributed by atoms with Gasteiger partial charge in [0, 0.05) is 17.9 Å². The molecular weight excluding hydrogens is 680 g/mol. The first-order valence-corrected chi connectivity index (χ1v) is 17.6. The van der Waals surface area contributed by atoms with Crippen LogP contribution in [0.3, 0.4) is 0 Å². The number of phosphoric acid groups is 1. The first-order chi connectivity index (χ1) is 20.9. The minimum Gasteiger partial charge on any atom is -0.395 e. The van der Waals surface area contributed by atoms with Crippen LogP contribution in [0.5, 0.6) is 0 Å². The van der Waals surface area contributed by atoms with Gasteiger partial charge in [-0.2, -0.15) is 9.97 Å². The molecule has 252 valence electrons. The molecule has 0 radical (unpaired) electrons. The lowest BCUT2D eigenvalue weighted by atomic mass is 9.97. The van der Waals surface area contributed by atoms with Crippen molar-refractivity contribution < 1.29 is 52.2 Å². The van der Waals surface area contributed by atoms with Crippen LogP contribution in [0.15, 0.2) is 6.33 Å². The Labute approximate surface area is 271 Å². The Bertz CT molecular complexity index is 1450. The predicted molar refractivity (Wildman–Crippen MR) is 164 cm³/mol. The highest BCUT2D eigenvalue weighted by atomic mass is 35.5. The van der Waals surface area contributed by atoms with Crippen molar-refractivity contribution in [2.75, 3.05) is 50.3 Å². The van der Waals surface area contributed by atoms with E-state index in [4.69, 9.17) is 35.6 Å². The first kappa shape index (κ1) is 36.4. The number of ether oxygens (including phenoxy) is 1. The maximum atomic E-state index is 15.8. The SMILES string of the molecule is CC(C)(CO)C(=O)SCCOP(=O)(OCCSC(=O)C(C)(C)CO)OCC1OC2(F)CC2(n2cnc3c(N)nc(Cl)nc32)C1O. The van der Waals surface area contributed by atoms with Crippen molar-refractivity contribution in [1.82, 2.24) is 19.5 Å². The Morgan fingerprint density at radius 3 is 2.22 bits per heavy atom. The molecule has 1 saturated carbocycles.